The Morgan fingerprint density at radius 1 is 0.921 bits per heavy atom. The van der Waals surface area contributed by atoms with Crippen molar-refractivity contribution in [3.8, 4) is 0 Å². The summed E-state index contributed by atoms with van der Waals surface area (Å²) in [5, 5.41) is 3.84. The standard InChI is InChI=1S/C32H36ClN3O2/c1-35(2)25-16-18-26(19-17-25)36-30(23-12-14-24(33)15-13-23)29(27-10-6-7-11-28(27)32(36)38)31(37)34-21-20-22-8-4-3-5-9-22/h3-15,25-26,29-30H,16-21H2,1-2H3,(H,34,37)/t25-,26-,29-,30+/m1/s1. The largest absolute Gasteiger partial charge is 0.355 e. The van der Waals surface area contributed by atoms with Crippen LogP contribution in [-0.4, -0.2) is 54.3 Å². The lowest BCUT2D eigenvalue weighted by atomic mass is 9.76. The second kappa shape index (κ2) is 11.7. The summed E-state index contributed by atoms with van der Waals surface area (Å²) in [7, 11) is 4.25. The van der Waals surface area contributed by atoms with Crippen LogP contribution in [0.25, 0.3) is 0 Å². The van der Waals surface area contributed by atoms with Crippen molar-refractivity contribution in [2.75, 3.05) is 20.6 Å². The molecule has 0 aromatic heterocycles. The van der Waals surface area contributed by atoms with E-state index in [1.807, 2.05) is 71.6 Å². The van der Waals surface area contributed by atoms with Crippen molar-refractivity contribution in [1.29, 1.82) is 0 Å². The SMILES string of the molecule is CN(C)[C@H]1CC[C@H](N2C(=O)c3ccccc3[C@@H](C(=O)NCCc3ccccc3)[C@@H]2c2ccc(Cl)cc2)CC1. The number of amides is 2. The van der Waals surface area contributed by atoms with E-state index < -0.39 is 12.0 Å². The molecule has 2 amide bonds. The molecule has 38 heavy (non-hydrogen) atoms. The van der Waals surface area contributed by atoms with Gasteiger partial charge in [-0.3, -0.25) is 9.59 Å². The summed E-state index contributed by atoms with van der Waals surface area (Å²) in [6, 6.07) is 25.6. The van der Waals surface area contributed by atoms with E-state index in [9.17, 15) is 9.59 Å². The number of hydrogen-bond donors (Lipinski definition) is 1. The van der Waals surface area contributed by atoms with Gasteiger partial charge in [-0.2, -0.15) is 0 Å². The van der Waals surface area contributed by atoms with Crippen LogP contribution in [0.1, 0.15) is 64.7 Å². The molecule has 3 aromatic rings. The molecule has 1 heterocycles. The van der Waals surface area contributed by atoms with E-state index in [-0.39, 0.29) is 17.9 Å². The highest BCUT2D eigenvalue weighted by atomic mass is 35.5. The first-order valence-electron chi connectivity index (χ1n) is 13.6. The molecule has 0 unspecified atom stereocenters. The number of rotatable bonds is 7. The van der Waals surface area contributed by atoms with Gasteiger partial charge < -0.3 is 15.1 Å². The Labute approximate surface area is 230 Å². The lowest BCUT2D eigenvalue weighted by Gasteiger charge is -2.48. The fourth-order valence-corrected chi connectivity index (χ4v) is 6.31. The van der Waals surface area contributed by atoms with Gasteiger partial charge in [-0.15, -0.1) is 0 Å². The molecule has 198 valence electrons. The van der Waals surface area contributed by atoms with E-state index in [2.05, 4.69) is 36.4 Å². The topological polar surface area (TPSA) is 52.7 Å². The Bertz CT molecular complexity index is 1250. The zero-order valence-electron chi connectivity index (χ0n) is 22.1. The smallest absolute Gasteiger partial charge is 0.254 e. The molecule has 3 aromatic carbocycles. The van der Waals surface area contributed by atoms with Crippen molar-refractivity contribution in [3.05, 3.63) is 106 Å². The third-order valence-electron chi connectivity index (χ3n) is 8.22. The first-order chi connectivity index (χ1) is 18.4. The summed E-state index contributed by atoms with van der Waals surface area (Å²) < 4.78 is 0. The molecule has 2 atom stereocenters. The molecular weight excluding hydrogens is 494 g/mol. The van der Waals surface area contributed by atoms with E-state index in [4.69, 9.17) is 11.6 Å². The number of nitrogens with one attached hydrogen (secondary N) is 1. The number of nitrogens with zero attached hydrogens (tertiary/aromatic N) is 2. The van der Waals surface area contributed by atoms with Crippen LogP contribution in [0.15, 0.2) is 78.9 Å². The highest BCUT2D eigenvalue weighted by Gasteiger charge is 2.47. The van der Waals surface area contributed by atoms with Gasteiger partial charge in [0.05, 0.1) is 12.0 Å². The predicted molar refractivity (Wildman–Crippen MR) is 152 cm³/mol. The number of benzene rings is 3. The van der Waals surface area contributed by atoms with Crippen LogP contribution in [0.3, 0.4) is 0 Å². The van der Waals surface area contributed by atoms with Gasteiger partial charge in [-0.05, 0) is 81.1 Å². The Morgan fingerprint density at radius 2 is 1.58 bits per heavy atom. The minimum atomic E-state index is -0.507. The Balaban J connectivity index is 1.50. The van der Waals surface area contributed by atoms with E-state index >= 15 is 0 Å². The van der Waals surface area contributed by atoms with Gasteiger partial charge >= 0.3 is 0 Å². The van der Waals surface area contributed by atoms with Crippen LogP contribution in [0, 0.1) is 0 Å². The van der Waals surface area contributed by atoms with Crippen molar-refractivity contribution in [3.63, 3.8) is 0 Å². The fraction of sp³-hybridized carbons (Fsp3) is 0.375. The third-order valence-corrected chi connectivity index (χ3v) is 8.47. The molecule has 2 aliphatic rings. The molecule has 0 radical (unpaired) electrons. The Kier molecular flexibility index (Phi) is 8.15. The molecule has 0 bridgehead atoms. The van der Waals surface area contributed by atoms with Gasteiger partial charge in [0.15, 0.2) is 0 Å². The van der Waals surface area contributed by atoms with E-state index in [0.29, 0.717) is 23.2 Å². The number of fused-ring (bicyclic) bond motifs is 1. The number of halogens is 1. The minimum Gasteiger partial charge on any atom is -0.355 e. The quantitative estimate of drug-likeness (QED) is 0.417. The van der Waals surface area contributed by atoms with Gasteiger partial charge in [0.25, 0.3) is 5.91 Å². The minimum absolute atomic E-state index is 0.0159. The molecule has 1 N–H and O–H groups in total. The van der Waals surface area contributed by atoms with Crippen LogP contribution in [-0.2, 0) is 11.2 Å². The molecule has 1 saturated carbocycles. The maximum Gasteiger partial charge on any atom is 0.254 e. The molecule has 1 fully saturated rings. The third kappa shape index (κ3) is 5.50. The van der Waals surface area contributed by atoms with Crippen LogP contribution in [0.5, 0.6) is 0 Å². The zero-order valence-corrected chi connectivity index (χ0v) is 22.9. The second-order valence-corrected chi connectivity index (χ2v) is 11.2. The number of carbonyl (C=O) groups is 2. The molecule has 5 nitrogen and oxygen atoms in total. The van der Waals surface area contributed by atoms with Crippen molar-refractivity contribution in [2.24, 2.45) is 0 Å². The second-order valence-electron chi connectivity index (χ2n) is 10.7. The lowest BCUT2D eigenvalue weighted by molar-refractivity contribution is -0.124. The predicted octanol–water partition coefficient (Wildman–Crippen LogP) is 5.85. The maximum absolute atomic E-state index is 14.1. The van der Waals surface area contributed by atoms with E-state index in [1.54, 1.807) is 0 Å². The van der Waals surface area contributed by atoms with Crippen LogP contribution >= 0.6 is 11.6 Å². The van der Waals surface area contributed by atoms with Gasteiger partial charge in [0.1, 0.15) is 0 Å². The summed E-state index contributed by atoms with van der Waals surface area (Å²) in [5.74, 6) is -0.539. The summed E-state index contributed by atoms with van der Waals surface area (Å²) in [6.45, 7) is 0.538. The highest BCUT2D eigenvalue weighted by Crippen LogP contribution is 2.46. The number of hydrogen-bond acceptors (Lipinski definition) is 3. The van der Waals surface area contributed by atoms with Crippen LogP contribution < -0.4 is 5.32 Å². The highest BCUT2D eigenvalue weighted by molar-refractivity contribution is 6.30. The van der Waals surface area contributed by atoms with Gasteiger partial charge in [-0.25, -0.2) is 0 Å². The molecule has 0 spiro atoms. The van der Waals surface area contributed by atoms with Gasteiger partial charge in [-0.1, -0.05) is 72.3 Å². The number of carbonyl (C=O) groups excluding carboxylic acids is 2. The van der Waals surface area contributed by atoms with Crippen molar-refractivity contribution < 1.29 is 9.59 Å². The first-order valence-corrected chi connectivity index (χ1v) is 14.0. The molecule has 1 aliphatic carbocycles. The molecular formula is C32H36ClN3O2. The normalized spacial score (nSPS) is 23.3. The summed E-state index contributed by atoms with van der Waals surface area (Å²) >= 11 is 6.25. The monoisotopic (exact) mass is 529 g/mol. The summed E-state index contributed by atoms with van der Waals surface area (Å²) in [6.07, 6.45) is 4.66. The van der Waals surface area contributed by atoms with Crippen molar-refractivity contribution in [2.45, 2.75) is 56.1 Å². The fourth-order valence-electron chi connectivity index (χ4n) is 6.19. The molecule has 6 heteroatoms. The van der Waals surface area contributed by atoms with Crippen molar-refractivity contribution >= 4 is 23.4 Å². The average molecular weight is 530 g/mol. The van der Waals surface area contributed by atoms with Gasteiger partial charge in [0, 0.05) is 29.2 Å². The zero-order chi connectivity index (χ0) is 26.6. The van der Waals surface area contributed by atoms with Gasteiger partial charge in [0.2, 0.25) is 5.91 Å². The molecule has 0 saturated heterocycles. The van der Waals surface area contributed by atoms with Crippen LogP contribution in [0.2, 0.25) is 5.02 Å². The van der Waals surface area contributed by atoms with Crippen molar-refractivity contribution in [1.82, 2.24) is 15.1 Å². The summed E-state index contributed by atoms with van der Waals surface area (Å²) in [5.41, 5.74) is 3.55. The molecule has 5 rings (SSSR count). The lowest BCUT2D eigenvalue weighted by Crippen LogP contribution is -2.53. The van der Waals surface area contributed by atoms with Crippen LogP contribution in [0.4, 0.5) is 0 Å². The maximum atomic E-state index is 14.1. The van der Waals surface area contributed by atoms with E-state index in [1.165, 1.54) is 5.56 Å². The molecule has 1 aliphatic heterocycles. The Morgan fingerprint density at radius 3 is 2.26 bits per heavy atom. The first kappa shape index (κ1) is 26.5. The Hall–Kier alpha value is -3.15. The summed E-state index contributed by atoms with van der Waals surface area (Å²) in [4.78, 5) is 32.4. The van der Waals surface area contributed by atoms with E-state index in [0.717, 1.165) is 43.2 Å². The average Bonchev–Trinajstić information content (AvgIpc) is 2.94.